The van der Waals surface area contributed by atoms with Crippen LogP contribution in [0.25, 0.3) is 5.78 Å². The molecule has 0 bridgehead atoms. The predicted molar refractivity (Wildman–Crippen MR) is 144 cm³/mol. The van der Waals surface area contributed by atoms with Crippen molar-refractivity contribution in [1.29, 1.82) is 0 Å². The number of hydrogen-bond acceptors (Lipinski definition) is 8. The standard InChI is InChI=1S/C26H35N9O3/c1-15-12-32(13-16(2)35(15)25(37)38-26(5,6)7)21-8-10-27-22-19(21)9-11-33(22)24(36)30-20-14-34-23(28-17(20)3)29-18(4)31-34/h8,10,14-16H,9,11-13H2,1-7H3,(H,30,36)/t15-,16+. The quantitative estimate of drug-likeness (QED) is 0.543. The molecule has 0 spiro atoms. The molecule has 1 N–H and O–H groups in total. The molecule has 38 heavy (non-hydrogen) atoms. The third-order valence-corrected chi connectivity index (χ3v) is 6.83. The monoisotopic (exact) mass is 521 g/mol. The molecule has 5 rings (SSSR count). The van der Waals surface area contributed by atoms with Crippen LogP contribution in [0.1, 0.15) is 51.7 Å². The molecule has 1 fully saturated rings. The van der Waals surface area contributed by atoms with Crippen LogP contribution < -0.4 is 15.1 Å². The molecule has 3 aromatic heterocycles. The second kappa shape index (κ2) is 9.41. The lowest BCUT2D eigenvalue weighted by Gasteiger charge is -2.45. The van der Waals surface area contributed by atoms with Gasteiger partial charge >= 0.3 is 12.1 Å². The highest BCUT2D eigenvalue weighted by Crippen LogP contribution is 2.36. The summed E-state index contributed by atoms with van der Waals surface area (Å²) < 4.78 is 7.21. The van der Waals surface area contributed by atoms with E-state index in [1.807, 2.05) is 52.5 Å². The van der Waals surface area contributed by atoms with E-state index in [9.17, 15) is 9.59 Å². The van der Waals surface area contributed by atoms with Gasteiger partial charge in [-0.15, -0.1) is 0 Å². The number of nitrogens with one attached hydrogen (secondary N) is 1. The molecule has 0 aliphatic carbocycles. The summed E-state index contributed by atoms with van der Waals surface area (Å²) in [5.41, 5.74) is 2.76. The molecule has 12 nitrogen and oxygen atoms in total. The first-order valence-electron chi connectivity index (χ1n) is 12.9. The summed E-state index contributed by atoms with van der Waals surface area (Å²) in [6, 6.07) is 1.65. The van der Waals surface area contributed by atoms with Crippen LogP contribution in [-0.2, 0) is 11.2 Å². The molecule has 12 heteroatoms. The van der Waals surface area contributed by atoms with Crippen LogP contribution in [0.15, 0.2) is 18.5 Å². The number of carbonyl (C=O) groups excluding carboxylic acids is 2. The maximum atomic E-state index is 13.3. The topological polar surface area (TPSA) is 121 Å². The van der Waals surface area contributed by atoms with E-state index < -0.39 is 5.60 Å². The lowest BCUT2D eigenvalue weighted by atomic mass is 10.1. The average molecular weight is 522 g/mol. The van der Waals surface area contributed by atoms with Gasteiger partial charge in [-0.05, 0) is 61.0 Å². The van der Waals surface area contributed by atoms with Gasteiger partial charge < -0.3 is 15.0 Å². The van der Waals surface area contributed by atoms with Crippen LogP contribution >= 0.6 is 0 Å². The van der Waals surface area contributed by atoms with Crippen LogP contribution in [0.2, 0.25) is 0 Å². The Bertz CT molecular complexity index is 1380. The zero-order chi connectivity index (χ0) is 27.4. The van der Waals surface area contributed by atoms with Crippen molar-refractivity contribution < 1.29 is 14.3 Å². The number of urea groups is 1. The summed E-state index contributed by atoms with van der Waals surface area (Å²) in [6.07, 6.45) is 3.87. The molecule has 2 atom stereocenters. The molecule has 0 saturated carbocycles. The smallest absolute Gasteiger partial charge is 0.410 e. The molecule has 0 unspecified atom stereocenters. The lowest BCUT2D eigenvalue weighted by Crippen LogP contribution is -2.59. The summed E-state index contributed by atoms with van der Waals surface area (Å²) in [5, 5.41) is 7.26. The average Bonchev–Trinajstić information content (AvgIpc) is 3.39. The Morgan fingerprint density at radius 3 is 2.50 bits per heavy atom. The minimum atomic E-state index is -0.543. The van der Waals surface area contributed by atoms with Gasteiger partial charge in [-0.1, -0.05) is 0 Å². The molecule has 202 valence electrons. The highest BCUT2D eigenvalue weighted by Gasteiger charge is 2.37. The maximum absolute atomic E-state index is 13.3. The van der Waals surface area contributed by atoms with Crippen LogP contribution in [-0.4, -0.2) is 78.9 Å². The fourth-order valence-corrected chi connectivity index (χ4v) is 5.27. The van der Waals surface area contributed by atoms with E-state index in [-0.39, 0.29) is 24.2 Å². The minimum absolute atomic E-state index is 0.0379. The van der Waals surface area contributed by atoms with Gasteiger partial charge in [0, 0.05) is 37.1 Å². The summed E-state index contributed by atoms with van der Waals surface area (Å²) in [4.78, 5) is 45.2. The van der Waals surface area contributed by atoms with Gasteiger partial charge in [-0.3, -0.25) is 9.80 Å². The van der Waals surface area contributed by atoms with Gasteiger partial charge in [0.1, 0.15) is 17.2 Å². The number of aromatic nitrogens is 5. The highest BCUT2D eigenvalue weighted by molar-refractivity contribution is 6.03. The van der Waals surface area contributed by atoms with Gasteiger partial charge in [0.05, 0.1) is 29.7 Å². The number of nitrogens with zero attached hydrogens (tertiary/aromatic N) is 8. The second-order valence-electron chi connectivity index (χ2n) is 11.1. The predicted octanol–water partition coefficient (Wildman–Crippen LogP) is 3.56. The van der Waals surface area contributed by atoms with E-state index in [4.69, 9.17) is 4.74 Å². The van der Waals surface area contributed by atoms with E-state index in [2.05, 4.69) is 30.3 Å². The first-order valence-corrected chi connectivity index (χ1v) is 12.9. The summed E-state index contributed by atoms with van der Waals surface area (Å²) in [7, 11) is 0. The summed E-state index contributed by atoms with van der Waals surface area (Å²) >= 11 is 0. The maximum Gasteiger partial charge on any atom is 0.410 e. The Morgan fingerprint density at radius 2 is 1.82 bits per heavy atom. The number of fused-ring (bicyclic) bond motifs is 2. The van der Waals surface area contributed by atoms with Gasteiger partial charge in [-0.2, -0.15) is 10.1 Å². The number of aryl methyl sites for hydroxylation is 2. The molecule has 0 aromatic carbocycles. The number of piperazine rings is 1. The fourth-order valence-electron chi connectivity index (χ4n) is 5.27. The van der Waals surface area contributed by atoms with Crippen LogP contribution in [0.5, 0.6) is 0 Å². The van der Waals surface area contributed by atoms with E-state index in [0.717, 1.165) is 11.3 Å². The molecule has 2 aliphatic rings. The largest absolute Gasteiger partial charge is 0.444 e. The summed E-state index contributed by atoms with van der Waals surface area (Å²) in [6.45, 7) is 15.2. The first kappa shape index (κ1) is 25.7. The summed E-state index contributed by atoms with van der Waals surface area (Å²) in [5.74, 6) is 1.75. The highest BCUT2D eigenvalue weighted by atomic mass is 16.6. The number of hydrogen-bond donors (Lipinski definition) is 1. The molecule has 0 radical (unpaired) electrons. The van der Waals surface area contributed by atoms with Crippen molar-refractivity contribution in [3.05, 3.63) is 35.5 Å². The lowest BCUT2D eigenvalue weighted by molar-refractivity contribution is 0.00565. The van der Waals surface area contributed by atoms with Crippen LogP contribution in [0.4, 0.5) is 26.8 Å². The normalized spacial score (nSPS) is 19.6. The molecular weight excluding hydrogens is 486 g/mol. The van der Waals surface area contributed by atoms with Crippen molar-refractivity contribution in [3.8, 4) is 0 Å². The number of rotatable bonds is 2. The Hall–Kier alpha value is -3.96. The SMILES string of the molecule is Cc1nc2nc(C)c(NC(=O)N3CCc4c(N5C[C@@H](C)N(C(=O)OC(C)(C)C)[C@@H](C)C5)ccnc43)cn2n1. The molecular formula is C26H35N9O3. The Kier molecular flexibility index (Phi) is 6.36. The van der Waals surface area contributed by atoms with Crippen molar-refractivity contribution in [1.82, 2.24) is 29.5 Å². The molecule has 2 aliphatic heterocycles. The molecule has 3 amide bonds. The van der Waals surface area contributed by atoms with Crippen molar-refractivity contribution in [2.75, 3.05) is 34.8 Å². The molecule has 5 heterocycles. The first-order chi connectivity index (χ1) is 17.9. The van der Waals surface area contributed by atoms with E-state index in [0.29, 0.717) is 54.9 Å². The number of ether oxygens (including phenoxy) is 1. The van der Waals surface area contributed by atoms with E-state index in [1.165, 1.54) is 0 Å². The Balaban J connectivity index is 1.33. The van der Waals surface area contributed by atoms with E-state index in [1.54, 1.807) is 28.7 Å². The van der Waals surface area contributed by atoms with Crippen LogP contribution in [0.3, 0.4) is 0 Å². The minimum Gasteiger partial charge on any atom is -0.444 e. The Labute approximate surface area is 222 Å². The number of carbonyl (C=O) groups is 2. The van der Waals surface area contributed by atoms with Crippen molar-refractivity contribution in [3.63, 3.8) is 0 Å². The number of anilines is 3. The third kappa shape index (κ3) is 4.82. The zero-order valence-electron chi connectivity index (χ0n) is 23.0. The molecule has 1 saturated heterocycles. The van der Waals surface area contributed by atoms with Gasteiger partial charge in [0.2, 0.25) is 0 Å². The fraction of sp³-hybridized carbons (Fsp3) is 0.538. The zero-order valence-corrected chi connectivity index (χ0v) is 23.0. The second-order valence-corrected chi connectivity index (χ2v) is 11.1. The van der Waals surface area contributed by atoms with Gasteiger partial charge in [0.15, 0.2) is 0 Å². The third-order valence-electron chi connectivity index (χ3n) is 6.83. The van der Waals surface area contributed by atoms with Crippen molar-refractivity contribution >= 4 is 35.1 Å². The van der Waals surface area contributed by atoms with Crippen LogP contribution in [0, 0.1) is 13.8 Å². The number of amides is 3. The van der Waals surface area contributed by atoms with Gasteiger partial charge in [-0.25, -0.2) is 24.1 Å². The number of pyridine rings is 1. The molecule has 3 aromatic rings. The van der Waals surface area contributed by atoms with E-state index >= 15 is 0 Å². The Morgan fingerprint density at radius 1 is 1.11 bits per heavy atom. The van der Waals surface area contributed by atoms with Gasteiger partial charge in [0.25, 0.3) is 5.78 Å². The van der Waals surface area contributed by atoms with Crippen molar-refractivity contribution in [2.24, 2.45) is 0 Å². The van der Waals surface area contributed by atoms with Crippen molar-refractivity contribution in [2.45, 2.75) is 72.6 Å².